The Balaban J connectivity index is 1.24. The molecule has 9 rings (SSSR count). The van der Waals surface area contributed by atoms with Crippen molar-refractivity contribution in [1.82, 2.24) is 0 Å². The van der Waals surface area contributed by atoms with Crippen molar-refractivity contribution in [3.05, 3.63) is 188 Å². The maximum absolute atomic E-state index is 6.31. The zero-order valence-corrected chi connectivity index (χ0v) is 26.3. The number of benzene rings is 8. The Bertz CT molecular complexity index is 2540. The van der Waals surface area contributed by atoms with Gasteiger partial charge in [-0.05, 0) is 87.3 Å². The van der Waals surface area contributed by atoms with Crippen LogP contribution in [0.2, 0.25) is 0 Å². The first-order chi connectivity index (χ1) is 23.8. The van der Waals surface area contributed by atoms with Crippen LogP contribution in [0.5, 0.6) is 0 Å². The highest BCUT2D eigenvalue weighted by atomic mass is 16.3. The summed E-state index contributed by atoms with van der Waals surface area (Å²) in [5, 5.41) is 4.68. The average Bonchev–Trinajstić information content (AvgIpc) is 3.54. The molecule has 0 amide bonds. The lowest BCUT2D eigenvalue weighted by atomic mass is 9.93. The van der Waals surface area contributed by atoms with Crippen molar-refractivity contribution in [3.8, 4) is 33.4 Å². The van der Waals surface area contributed by atoms with Crippen molar-refractivity contribution in [3.63, 3.8) is 0 Å². The van der Waals surface area contributed by atoms with Crippen molar-refractivity contribution in [1.29, 1.82) is 0 Å². The molecule has 1 heterocycles. The molecule has 0 fully saturated rings. The van der Waals surface area contributed by atoms with Crippen LogP contribution >= 0.6 is 0 Å². The molecule has 0 aliphatic heterocycles. The number of nitrogens with zero attached hydrogens (tertiary/aromatic N) is 1. The first-order valence-electron chi connectivity index (χ1n) is 16.3. The van der Waals surface area contributed by atoms with E-state index in [0.717, 1.165) is 61.3 Å². The third kappa shape index (κ3) is 4.92. The Labute approximate surface area is 279 Å². The van der Waals surface area contributed by atoms with E-state index < -0.39 is 0 Å². The molecule has 0 N–H and O–H groups in total. The number of furan rings is 1. The molecule has 226 valence electrons. The van der Waals surface area contributed by atoms with Gasteiger partial charge in [0, 0.05) is 27.5 Å². The van der Waals surface area contributed by atoms with Crippen molar-refractivity contribution < 1.29 is 4.42 Å². The van der Waals surface area contributed by atoms with Gasteiger partial charge in [0.15, 0.2) is 0 Å². The maximum atomic E-state index is 6.31. The highest BCUT2D eigenvalue weighted by Crippen LogP contribution is 2.44. The maximum Gasteiger partial charge on any atom is 0.136 e. The van der Waals surface area contributed by atoms with Crippen LogP contribution in [0.3, 0.4) is 0 Å². The summed E-state index contributed by atoms with van der Waals surface area (Å²) in [6.07, 6.45) is 0. The third-order valence-corrected chi connectivity index (χ3v) is 9.28. The zero-order chi connectivity index (χ0) is 31.9. The Morgan fingerprint density at radius 2 is 0.938 bits per heavy atom. The predicted octanol–water partition coefficient (Wildman–Crippen LogP) is 13.2. The van der Waals surface area contributed by atoms with E-state index in [-0.39, 0.29) is 0 Å². The van der Waals surface area contributed by atoms with Gasteiger partial charge >= 0.3 is 0 Å². The monoisotopic (exact) mass is 613 g/mol. The molecule has 0 aliphatic carbocycles. The minimum absolute atomic E-state index is 0.896. The first-order valence-corrected chi connectivity index (χ1v) is 16.3. The topological polar surface area (TPSA) is 16.4 Å². The van der Waals surface area contributed by atoms with Gasteiger partial charge in [0.1, 0.15) is 11.2 Å². The molecule has 0 aliphatic rings. The van der Waals surface area contributed by atoms with E-state index in [1.54, 1.807) is 0 Å². The van der Waals surface area contributed by atoms with Crippen LogP contribution in [-0.4, -0.2) is 0 Å². The summed E-state index contributed by atoms with van der Waals surface area (Å²) in [7, 11) is 0. The molecule has 0 radical (unpaired) electrons. The van der Waals surface area contributed by atoms with Gasteiger partial charge in [-0.15, -0.1) is 0 Å². The summed E-state index contributed by atoms with van der Waals surface area (Å²) in [5.41, 5.74) is 12.1. The molecular formula is C46H31NO. The van der Waals surface area contributed by atoms with Gasteiger partial charge in [0.2, 0.25) is 0 Å². The smallest absolute Gasteiger partial charge is 0.136 e. The van der Waals surface area contributed by atoms with Crippen LogP contribution in [0.15, 0.2) is 192 Å². The Hall–Kier alpha value is -6.38. The summed E-state index contributed by atoms with van der Waals surface area (Å²) in [6, 6.07) is 67.0. The van der Waals surface area contributed by atoms with E-state index in [2.05, 4.69) is 181 Å². The molecule has 9 aromatic rings. The SMILES string of the molecule is c1ccc(-c2ccc(N(c3ccc(-c4ccc5c(c4)oc4ccccc45)c(-c4ccccc4)c3)c3cccc4ccccc34)cc2)cc1. The van der Waals surface area contributed by atoms with E-state index in [1.807, 2.05) is 12.1 Å². The lowest BCUT2D eigenvalue weighted by molar-refractivity contribution is 0.669. The van der Waals surface area contributed by atoms with Gasteiger partial charge in [-0.25, -0.2) is 0 Å². The van der Waals surface area contributed by atoms with Crippen LogP contribution in [0.1, 0.15) is 0 Å². The van der Waals surface area contributed by atoms with Gasteiger partial charge < -0.3 is 9.32 Å². The molecule has 2 nitrogen and oxygen atoms in total. The number of hydrogen-bond acceptors (Lipinski definition) is 2. The highest BCUT2D eigenvalue weighted by Gasteiger charge is 2.19. The van der Waals surface area contributed by atoms with Crippen molar-refractivity contribution in [2.45, 2.75) is 0 Å². The predicted molar refractivity (Wildman–Crippen MR) is 202 cm³/mol. The second-order valence-electron chi connectivity index (χ2n) is 12.2. The average molecular weight is 614 g/mol. The summed E-state index contributed by atoms with van der Waals surface area (Å²) >= 11 is 0. The van der Waals surface area contributed by atoms with Crippen LogP contribution < -0.4 is 4.90 Å². The Morgan fingerprint density at radius 1 is 0.333 bits per heavy atom. The summed E-state index contributed by atoms with van der Waals surface area (Å²) < 4.78 is 6.31. The fourth-order valence-electron chi connectivity index (χ4n) is 6.94. The standard InChI is InChI=1S/C46H31NO/c1-3-12-32(13-4-1)33-22-25-37(26-23-33)47(44-20-11-17-34-16-7-8-18-40(34)44)38-27-29-39(43(31-38)35-14-5-2-6-15-35)36-24-28-42-41-19-9-10-21-45(41)48-46(42)30-36/h1-31H. The van der Waals surface area contributed by atoms with E-state index in [4.69, 9.17) is 4.42 Å². The number of fused-ring (bicyclic) bond motifs is 4. The molecule has 0 atom stereocenters. The van der Waals surface area contributed by atoms with Gasteiger partial charge in [-0.2, -0.15) is 0 Å². The number of rotatable bonds is 6. The Morgan fingerprint density at radius 3 is 1.75 bits per heavy atom. The number of hydrogen-bond donors (Lipinski definition) is 0. The Kier molecular flexibility index (Phi) is 6.84. The summed E-state index contributed by atoms with van der Waals surface area (Å²) in [6.45, 7) is 0. The molecule has 0 bridgehead atoms. The molecule has 0 spiro atoms. The number of anilines is 3. The van der Waals surface area contributed by atoms with Crippen LogP contribution in [-0.2, 0) is 0 Å². The second kappa shape index (κ2) is 11.8. The second-order valence-corrected chi connectivity index (χ2v) is 12.2. The fourth-order valence-corrected chi connectivity index (χ4v) is 6.94. The lowest BCUT2D eigenvalue weighted by Crippen LogP contribution is -2.10. The molecule has 0 unspecified atom stereocenters. The van der Waals surface area contributed by atoms with Gasteiger partial charge in [0.05, 0.1) is 5.69 Å². The van der Waals surface area contributed by atoms with Crippen molar-refractivity contribution in [2.75, 3.05) is 4.90 Å². The normalized spacial score (nSPS) is 11.3. The van der Waals surface area contributed by atoms with Crippen LogP contribution in [0.4, 0.5) is 17.1 Å². The minimum Gasteiger partial charge on any atom is -0.456 e. The van der Waals surface area contributed by atoms with Crippen LogP contribution in [0.25, 0.3) is 66.1 Å². The summed E-state index contributed by atoms with van der Waals surface area (Å²) in [5.74, 6) is 0. The quantitative estimate of drug-likeness (QED) is 0.185. The molecular weight excluding hydrogens is 583 g/mol. The van der Waals surface area contributed by atoms with E-state index >= 15 is 0 Å². The van der Waals surface area contributed by atoms with Gasteiger partial charge in [-0.3, -0.25) is 0 Å². The number of para-hydroxylation sites is 1. The van der Waals surface area contributed by atoms with E-state index in [1.165, 1.54) is 21.9 Å². The van der Waals surface area contributed by atoms with Crippen molar-refractivity contribution in [2.24, 2.45) is 0 Å². The molecule has 0 saturated heterocycles. The fraction of sp³-hybridized carbons (Fsp3) is 0. The van der Waals surface area contributed by atoms with Gasteiger partial charge in [-0.1, -0.05) is 140 Å². The van der Waals surface area contributed by atoms with Crippen LogP contribution in [0, 0.1) is 0 Å². The molecule has 48 heavy (non-hydrogen) atoms. The molecule has 2 heteroatoms. The van der Waals surface area contributed by atoms with E-state index in [9.17, 15) is 0 Å². The largest absolute Gasteiger partial charge is 0.456 e. The first kappa shape index (κ1) is 27.9. The zero-order valence-electron chi connectivity index (χ0n) is 26.3. The van der Waals surface area contributed by atoms with E-state index in [0.29, 0.717) is 0 Å². The molecule has 1 aromatic heterocycles. The van der Waals surface area contributed by atoms with Gasteiger partial charge in [0.25, 0.3) is 0 Å². The molecule has 0 saturated carbocycles. The third-order valence-electron chi connectivity index (χ3n) is 9.28. The summed E-state index contributed by atoms with van der Waals surface area (Å²) in [4.78, 5) is 2.38. The lowest BCUT2D eigenvalue weighted by Gasteiger charge is -2.28. The van der Waals surface area contributed by atoms with Crippen molar-refractivity contribution >= 4 is 49.8 Å². The highest BCUT2D eigenvalue weighted by molar-refractivity contribution is 6.06. The molecule has 8 aromatic carbocycles. The minimum atomic E-state index is 0.896.